The van der Waals surface area contributed by atoms with Gasteiger partial charge in [-0.05, 0) is 17.7 Å². The zero-order chi connectivity index (χ0) is 13.0. The second kappa shape index (κ2) is 5.84. The Morgan fingerprint density at radius 3 is 2.83 bits per heavy atom. The fraction of sp³-hybridized carbons (Fsp3) is 0.333. The van der Waals surface area contributed by atoms with Crippen LogP contribution in [-0.2, 0) is 20.1 Å². The van der Waals surface area contributed by atoms with Gasteiger partial charge in [0, 0.05) is 13.6 Å². The summed E-state index contributed by atoms with van der Waals surface area (Å²) in [6, 6.07) is 5.74. The van der Waals surface area contributed by atoms with E-state index in [0.29, 0.717) is 17.3 Å². The first kappa shape index (κ1) is 12.9. The number of hydrogen-bond acceptors (Lipinski definition) is 4. The Bertz CT molecular complexity index is 527. The lowest BCUT2D eigenvalue weighted by Gasteiger charge is -2.07. The van der Waals surface area contributed by atoms with Crippen LogP contribution in [0.2, 0.25) is 5.02 Å². The van der Waals surface area contributed by atoms with Crippen molar-refractivity contribution < 1.29 is 4.74 Å². The van der Waals surface area contributed by atoms with E-state index in [1.807, 2.05) is 29.8 Å². The number of halogens is 1. The molecule has 5 nitrogen and oxygen atoms in total. The second-order valence-corrected chi connectivity index (χ2v) is 4.34. The Morgan fingerprint density at radius 1 is 1.39 bits per heavy atom. The van der Waals surface area contributed by atoms with Crippen LogP contribution in [0.15, 0.2) is 24.5 Å². The molecule has 0 spiro atoms. The van der Waals surface area contributed by atoms with E-state index in [1.165, 1.54) is 0 Å². The predicted octanol–water partition coefficient (Wildman–Crippen LogP) is 1.77. The number of nitrogens with one attached hydrogen (secondary N) is 1. The molecule has 0 fully saturated rings. The van der Waals surface area contributed by atoms with E-state index < -0.39 is 0 Å². The molecule has 1 N–H and O–H groups in total. The van der Waals surface area contributed by atoms with E-state index in [0.717, 1.165) is 17.9 Å². The van der Waals surface area contributed by atoms with Gasteiger partial charge in [-0.15, -0.1) is 10.2 Å². The molecule has 1 heterocycles. The third-order valence-corrected chi connectivity index (χ3v) is 2.93. The molecule has 0 aliphatic rings. The summed E-state index contributed by atoms with van der Waals surface area (Å²) in [6.07, 6.45) is 1.68. The molecular formula is C12H15ClN4O. The standard InChI is InChI=1S/C12H15ClN4O/c1-17-8-15-16-12(17)7-14-6-9-3-4-11(18-2)10(13)5-9/h3-5,8,14H,6-7H2,1-2H3. The summed E-state index contributed by atoms with van der Waals surface area (Å²) in [5.41, 5.74) is 1.10. The molecule has 0 aliphatic heterocycles. The monoisotopic (exact) mass is 266 g/mol. The van der Waals surface area contributed by atoms with Crippen molar-refractivity contribution in [3.05, 3.63) is 40.9 Å². The maximum Gasteiger partial charge on any atom is 0.146 e. The van der Waals surface area contributed by atoms with Crippen LogP contribution in [-0.4, -0.2) is 21.9 Å². The van der Waals surface area contributed by atoms with Crippen molar-refractivity contribution in [1.82, 2.24) is 20.1 Å². The fourth-order valence-electron chi connectivity index (χ4n) is 1.61. The van der Waals surface area contributed by atoms with Crippen LogP contribution >= 0.6 is 11.6 Å². The highest BCUT2D eigenvalue weighted by molar-refractivity contribution is 6.32. The number of ether oxygens (including phenoxy) is 1. The van der Waals surface area contributed by atoms with Gasteiger partial charge in [0.15, 0.2) is 0 Å². The number of aromatic nitrogens is 3. The average Bonchev–Trinajstić information content (AvgIpc) is 2.75. The molecule has 1 aromatic carbocycles. The Labute approximate surface area is 111 Å². The van der Waals surface area contributed by atoms with Gasteiger partial charge in [0.05, 0.1) is 18.7 Å². The Hall–Kier alpha value is -1.59. The highest BCUT2D eigenvalue weighted by atomic mass is 35.5. The lowest BCUT2D eigenvalue weighted by Crippen LogP contribution is -2.15. The minimum absolute atomic E-state index is 0.621. The molecule has 0 bridgehead atoms. The third kappa shape index (κ3) is 3.00. The summed E-state index contributed by atoms with van der Waals surface area (Å²) in [4.78, 5) is 0. The quantitative estimate of drug-likeness (QED) is 0.896. The molecule has 96 valence electrons. The number of rotatable bonds is 5. The summed E-state index contributed by atoms with van der Waals surface area (Å²) in [5, 5.41) is 11.7. The third-order valence-electron chi connectivity index (χ3n) is 2.63. The zero-order valence-electron chi connectivity index (χ0n) is 10.4. The molecule has 2 aromatic rings. The van der Waals surface area contributed by atoms with E-state index in [1.54, 1.807) is 13.4 Å². The zero-order valence-corrected chi connectivity index (χ0v) is 11.1. The summed E-state index contributed by atoms with van der Waals surface area (Å²) in [6.45, 7) is 1.39. The first-order valence-corrected chi connectivity index (χ1v) is 5.94. The van der Waals surface area contributed by atoms with Crippen molar-refractivity contribution in [2.75, 3.05) is 7.11 Å². The summed E-state index contributed by atoms with van der Waals surface area (Å²) < 4.78 is 6.99. The topological polar surface area (TPSA) is 52.0 Å². The van der Waals surface area contributed by atoms with Gasteiger partial charge in [-0.1, -0.05) is 17.7 Å². The smallest absolute Gasteiger partial charge is 0.146 e. The highest BCUT2D eigenvalue weighted by Crippen LogP contribution is 2.24. The molecule has 1 aromatic heterocycles. The van der Waals surface area contributed by atoms with Crippen LogP contribution in [0.1, 0.15) is 11.4 Å². The number of benzene rings is 1. The molecule has 0 radical (unpaired) electrons. The van der Waals surface area contributed by atoms with Crippen LogP contribution in [0.4, 0.5) is 0 Å². The van der Waals surface area contributed by atoms with Crippen molar-refractivity contribution in [2.24, 2.45) is 7.05 Å². The lowest BCUT2D eigenvalue weighted by atomic mass is 10.2. The van der Waals surface area contributed by atoms with Gasteiger partial charge in [-0.25, -0.2) is 0 Å². The van der Waals surface area contributed by atoms with Gasteiger partial charge in [-0.2, -0.15) is 0 Å². The first-order valence-electron chi connectivity index (χ1n) is 5.56. The van der Waals surface area contributed by atoms with Crippen molar-refractivity contribution in [1.29, 1.82) is 0 Å². The molecule has 0 atom stereocenters. The molecule has 0 amide bonds. The van der Waals surface area contributed by atoms with Gasteiger partial charge in [0.1, 0.15) is 17.9 Å². The van der Waals surface area contributed by atoms with Crippen molar-refractivity contribution in [3.8, 4) is 5.75 Å². The van der Waals surface area contributed by atoms with Gasteiger partial charge in [0.25, 0.3) is 0 Å². The number of aryl methyl sites for hydroxylation is 1. The Balaban J connectivity index is 1.91. The predicted molar refractivity (Wildman–Crippen MR) is 69.6 cm³/mol. The van der Waals surface area contributed by atoms with Gasteiger partial charge in [-0.3, -0.25) is 0 Å². The Morgan fingerprint density at radius 2 is 2.22 bits per heavy atom. The molecular weight excluding hydrogens is 252 g/mol. The SMILES string of the molecule is COc1ccc(CNCc2nncn2C)cc1Cl. The van der Waals surface area contributed by atoms with Crippen molar-refractivity contribution >= 4 is 11.6 Å². The largest absolute Gasteiger partial charge is 0.495 e. The van der Waals surface area contributed by atoms with E-state index in [9.17, 15) is 0 Å². The molecule has 0 unspecified atom stereocenters. The highest BCUT2D eigenvalue weighted by Gasteiger charge is 2.03. The van der Waals surface area contributed by atoms with Crippen LogP contribution in [0.25, 0.3) is 0 Å². The number of hydrogen-bond donors (Lipinski definition) is 1. The minimum Gasteiger partial charge on any atom is -0.495 e. The Kier molecular flexibility index (Phi) is 4.17. The summed E-state index contributed by atoms with van der Waals surface area (Å²) >= 11 is 6.05. The second-order valence-electron chi connectivity index (χ2n) is 3.93. The van der Waals surface area contributed by atoms with Crippen molar-refractivity contribution in [3.63, 3.8) is 0 Å². The van der Waals surface area contributed by atoms with Gasteiger partial charge >= 0.3 is 0 Å². The summed E-state index contributed by atoms with van der Waals surface area (Å²) in [5.74, 6) is 1.59. The average molecular weight is 267 g/mol. The van der Waals surface area contributed by atoms with E-state index in [-0.39, 0.29) is 0 Å². The van der Waals surface area contributed by atoms with E-state index >= 15 is 0 Å². The number of nitrogens with zero attached hydrogens (tertiary/aromatic N) is 3. The van der Waals surface area contributed by atoms with Crippen LogP contribution < -0.4 is 10.1 Å². The molecule has 2 rings (SSSR count). The summed E-state index contributed by atoms with van der Waals surface area (Å²) in [7, 11) is 3.52. The fourth-order valence-corrected chi connectivity index (χ4v) is 1.89. The minimum atomic E-state index is 0.621. The normalized spacial score (nSPS) is 10.6. The van der Waals surface area contributed by atoms with Gasteiger partial charge < -0.3 is 14.6 Å². The van der Waals surface area contributed by atoms with Crippen LogP contribution in [0.3, 0.4) is 0 Å². The van der Waals surface area contributed by atoms with Gasteiger partial charge in [0.2, 0.25) is 0 Å². The van der Waals surface area contributed by atoms with Crippen LogP contribution in [0.5, 0.6) is 5.75 Å². The molecule has 0 saturated carbocycles. The maximum atomic E-state index is 6.05. The lowest BCUT2D eigenvalue weighted by molar-refractivity contribution is 0.415. The van der Waals surface area contributed by atoms with E-state index in [4.69, 9.17) is 16.3 Å². The maximum absolute atomic E-state index is 6.05. The van der Waals surface area contributed by atoms with E-state index in [2.05, 4.69) is 15.5 Å². The molecule has 18 heavy (non-hydrogen) atoms. The number of methoxy groups -OCH3 is 1. The first-order chi connectivity index (χ1) is 8.70. The molecule has 0 aliphatic carbocycles. The molecule has 0 saturated heterocycles. The van der Waals surface area contributed by atoms with Crippen molar-refractivity contribution in [2.45, 2.75) is 13.1 Å². The molecule has 6 heteroatoms. The van der Waals surface area contributed by atoms with Crippen LogP contribution in [0, 0.1) is 0 Å².